The van der Waals surface area contributed by atoms with E-state index in [-0.39, 0.29) is 5.91 Å². The average Bonchev–Trinajstić information content (AvgIpc) is 2.63. The highest BCUT2D eigenvalue weighted by molar-refractivity contribution is 5.94. The molecule has 0 radical (unpaired) electrons. The first-order valence-electron chi connectivity index (χ1n) is 8.24. The van der Waals surface area contributed by atoms with Crippen LogP contribution >= 0.6 is 0 Å². The van der Waals surface area contributed by atoms with Crippen LogP contribution in [0.15, 0.2) is 48.7 Å². The second kappa shape index (κ2) is 7.79. The molecule has 2 heterocycles. The van der Waals surface area contributed by atoms with Crippen molar-refractivity contribution in [3.63, 3.8) is 0 Å². The molecule has 0 spiro atoms. The number of carbonyl (C=O) groups excluding carboxylic acids is 1. The number of piperazine rings is 1. The Kier molecular flexibility index (Phi) is 5.28. The van der Waals surface area contributed by atoms with Gasteiger partial charge in [0.05, 0.1) is 0 Å². The molecule has 1 fully saturated rings. The van der Waals surface area contributed by atoms with Crippen molar-refractivity contribution in [2.45, 2.75) is 0 Å². The van der Waals surface area contributed by atoms with Gasteiger partial charge in [0.1, 0.15) is 5.82 Å². The molecule has 0 aliphatic carbocycles. The zero-order valence-corrected chi connectivity index (χ0v) is 13.7. The van der Waals surface area contributed by atoms with Crippen LogP contribution in [0.5, 0.6) is 0 Å². The van der Waals surface area contributed by atoms with Crippen LogP contribution in [0.2, 0.25) is 0 Å². The van der Waals surface area contributed by atoms with E-state index < -0.39 is 0 Å². The van der Waals surface area contributed by atoms with Crippen LogP contribution in [0, 0.1) is 0 Å². The zero-order valence-electron chi connectivity index (χ0n) is 13.7. The molecule has 1 saturated heterocycles. The van der Waals surface area contributed by atoms with Crippen LogP contribution < -0.4 is 16.0 Å². The number of nitrogens with two attached hydrogens (primary N) is 1. The standard InChI is InChI=1S/C18H23N5O/c19-16-5-3-4-15(14-16)18(24)21-8-9-22-10-12-23(13-11-22)17-6-1-2-7-20-17/h1-7,14H,8-13,19H2,(H,21,24). The summed E-state index contributed by atoms with van der Waals surface area (Å²) in [4.78, 5) is 21.1. The highest BCUT2D eigenvalue weighted by Crippen LogP contribution is 2.12. The largest absolute Gasteiger partial charge is 0.399 e. The van der Waals surface area contributed by atoms with Crippen molar-refractivity contribution in [2.24, 2.45) is 0 Å². The Labute approximate surface area is 142 Å². The summed E-state index contributed by atoms with van der Waals surface area (Å²) < 4.78 is 0. The van der Waals surface area contributed by atoms with Gasteiger partial charge in [-0.3, -0.25) is 9.69 Å². The molecule has 2 aromatic rings. The molecule has 6 nitrogen and oxygen atoms in total. The lowest BCUT2D eigenvalue weighted by molar-refractivity contribution is 0.0948. The molecule has 1 aromatic heterocycles. The lowest BCUT2D eigenvalue weighted by Crippen LogP contribution is -2.48. The van der Waals surface area contributed by atoms with Crippen molar-refractivity contribution in [2.75, 3.05) is 49.9 Å². The molecular formula is C18H23N5O. The topological polar surface area (TPSA) is 74.5 Å². The van der Waals surface area contributed by atoms with Gasteiger partial charge < -0.3 is 16.0 Å². The summed E-state index contributed by atoms with van der Waals surface area (Å²) in [5.41, 5.74) is 6.92. The van der Waals surface area contributed by atoms with Crippen molar-refractivity contribution in [1.29, 1.82) is 0 Å². The monoisotopic (exact) mass is 325 g/mol. The van der Waals surface area contributed by atoms with E-state index in [9.17, 15) is 4.79 Å². The highest BCUT2D eigenvalue weighted by Gasteiger charge is 2.17. The second-order valence-corrected chi connectivity index (χ2v) is 5.90. The number of aromatic nitrogens is 1. The van der Waals surface area contributed by atoms with E-state index in [0.29, 0.717) is 17.8 Å². The SMILES string of the molecule is Nc1cccc(C(=O)NCCN2CCN(c3ccccn3)CC2)c1. The number of rotatable bonds is 5. The van der Waals surface area contributed by atoms with Crippen molar-refractivity contribution >= 4 is 17.4 Å². The summed E-state index contributed by atoms with van der Waals surface area (Å²) in [5.74, 6) is 0.960. The maximum atomic E-state index is 12.1. The Hall–Kier alpha value is -2.60. The molecule has 1 amide bonds. The number of benzene rings is 1. The first-order valence-corrected chi connectivity index (χ1v) is 8.24. The van der Waals surface area contributed by atoms with E-state index in [1.807, 2.05) is 24.4 Å². The number of nitrogens with zero attached hydrogens (tertiary/aromatic N) is 3. The van der Waals surface area contributed by atoms with Gasteiger partial charge in [0.25, 0.3) is 5.91 Å². The van der Waals surface area contributed by atoms with Gasteiger partial charge in [-0.15, -0.1) is 0 Å². The van der Waals surface area contributed by atoms with E-state index in [0.717, 1.165) is 38.5 Å². The van der Waals surface area contributed by atoms with E-state index >= 15 is 0 Å². The van der Waals surface area contributed by atoms with Crippen LogP contribution in [-0.2, 0) is 0 Å². The zero-order chi connectivity index (χ0) is 16.8. The molecule has 126 valence electrons. The van der Waals surface area contributed by atoms with Crippen LogP contribution in [0.25, 0.3) is 0 Å². The molecule has 0 saturated carbocycles. The number of anilines is 2. The number of pyridine rings is 1. The van der Waals surface area contributed by atoms with Crippen molar-refractivity contribution in [3.8, 4) is 0 Å². The lowest BCUT2D eigenvalue weighted by Gasteiger charge is -2.35. The van der Waals surface area contributed by atoms with E-state index in [2.05, 4.69) is 20.1 Å². The fourth-order valence-electron chi connectivity index (χ4n) is 2.85. The molecule has 1 aromatic carbocycles. The van der Waals surface area contributed by atoms with E-state index in [1.54, 1.807) is 24.3 Å². The highest BCUT2D eigenvalue weighted by atomic mass is 16.1. The molecule has 3 N–H and O–H groups in total. The fraction of sp³-hybridized carbons (Fsp3) is 0.333. The van der Waals surface area contributed by atoms with Gasteiger partial charge in [-0.05, 0) is 30.3 Å². The number of nitrogen functional groups attached to an aromatic ring is 1. The van der Waals surface area contributed by atoms with E-state index in [1.165, 1.54) is 0 Å². The quantitative estimate of drug-likeness (QED) is 0.809. The Morgan fingerprint density at radius 3 is 2.67 bits per heavy atom. The Morgan fingerprint density at radius 2 is 1.96 bits per heavy atom. The van der Waals surface area contributed by atoms with Crippen molar-refractivity contribution < 1.29 is 4.79 Å². The summed E-state index contributed by atoms with van der Waals surface area (Å²) in [5, 5.41) is 2.95. The van der Waals surface area contributed by atoms with E-state index in [4.69, 9.17) is 5.73 Å². The Balaban J connectivity index is 1.40. The summed E-state index contributed by atoms with van der Waals surface area (Å²) in [7, 11) is 0. The second-order valence-electron chi connectivity index (χ2n) is 5.90. The average molecular weight is 325 g/mol. The van der Waals surface area contributed by atoms with Crippen LogP contribution in [0.4, 0.5) is 11.5 Å². The number of amides is 1. The first-order chi connectivity index (χ1) is 11.7. The molecular weight excluding hydrogens is 302 g/mol. The van der Waals surface area contributed by atoms with Gasteiger partial charge in [0.15, 0.2) is 0 Å². The summed E-state index contributed by atoms with van der Waals surface area (Å²) >= 11 is 0. The molecule has 24 heavy (non-hydrogen) atoms. The summed E-state index contributed by atoms with van der Waals surface area (Å²) in [6, 6.07) is 13.0. The lowest BCUT2D eigenvalue weighted by atomic mass is 10.2. The van der Waals surface area contributed by atoms with Gasteiger partial charge in [-0.25, -0.2) is 4.98 Å². The van der Waals surface area contributed by atoms with Crippen LogP contribution in [0.3, 0.4) is 0 Å². The van der Waals surface area contributed by atoms with Crippen molar-refractivity contribution in [1.82, 2.24) is 15.2 Å². The minimum Gasteiger partial charge on any atom is -0.399 e. The minimum absolute atomic E-state index is 0.0746. The van der Waals surface area contributed by atoms with Crippen molar-refractivity contribution in [3.05, 3.63) is 54.2 Å². The molecule has 1 aliphatic rings. The fourth-order valence-corrected chi connectivity index (χ4v) is 2.85. The van der Waals surface area contributed by atoms with Gasteiger partial charge in [0.2, 0.25) is 0 Å². The maximum absolute atomic E-state index is 12.1. The Bertz CT molecular complexity index is 668. The third-order valence-electron chi connectivity index (χ3n) is 4.21. The minimum atomic E-state index is -0.0746. The Morgan fingerprint density at radius 1 is 1.12 bits per heavy atom. The normalized spacial score (nSPS) is 15.2. The number of hydrogen-bond donors (Lipinski definition) is 2. The molecule has 0 unspecified atom stereocenters. The number of nitrogens with one attached hydrogen (secondary N) is 1. The molecule has 1 aliphatic heterocycles. The van der Waals surface area contributed by atoms with Gasteiger partial charge in [0, 0.05) is 56.7 Å². The third-order valence-corrected chi connectivity index (χ3v) is 4.21. The molecule has 0 atom stereocenters. The molecule has 3 rings (SSSR count). The number of hydrogen-bond acceptors (Lipinski definition) is 5. The van der Waals surface area contributed by atoms with Crippen LogP contribution in [-0.4, -0.2) is 55.1 Å². The number of carbonyl (C=O) groups is 1. The van der Waals surface area contributed by atoms with Gasteiger partial charge >= 0.3 is 0 Å². The molecule has 6 heteroatoms. The van der Waals surface area contributed by atoms with Gasteiger partial charge in [-0.1, -0.05) is 12.1 Å². The van der Waals surface area contributed by atoms with Crippen LogP contribution in [0.1, 0.15) is 10.4 Å². The summed E-state index contributed by atoms with van der Waals surface area (Å²) in [6.45, 7) is 5.36. The molecule has 0 bridgehead atoms. The predicted octanol–water partition coefficient (Wildman–Crippen LogP) is 1.22. The third kappa shape index (κ3) is 4.23. The smallest absolute Gasteiger partial charge is 0.251 e. The predicted molar refractivity (Wildman–Crippen MR) is 96.1 cm³/mol. The maximum Gasteiger partial charge on any atom is 0.251 e. The van der Waals surface area contributed by atoms with Gasteiger partial charge in [-0.2, -0.15) is 0 Å². The summed E-state index contributed by atoms with van der Waals surface area (Å²) in [6.07, 6.45) is 1.83. The first kappa shape index (κ1) is 16.3.